The van der Waals surface area contributed by atoms with Gasteiger partial charge < -0.3 is 4.79 Å². The van der Waals surface area contributed by atoms with Crippen molar-refractivity contribution in [3.8, 4) is 23.5 Å². The van der Waals surface area contributed by atoms with E-state index < -0.39 is 0 Å². The lowest BCUT2D eigenvalue weighted by Gasteiger charge is -2.11. The summed E-state index contributed by atoms with van der Waals surface area (Å²) in [6, 6.07) is 14.3. The van der Waals surface area contributed by atoms with Gasteiger partial charge in [0.05, 0.1) is 0 Å². The Morgan fingerprint density at radius 1 is 1.14 bits per heavy atom. The minimum atomic E-state index is 0.197. The van der Waals surface area contributed by atoms with E-state index in [4.69, 9.17) is 6.42 Å². The molecule has 0 unspecified atom stereocenters. The van der Waals surface area contributed by atoms with Gasteiger partial charge in [0.15, 0.2) is 0 Å². The second kappa shape index (κ2) is 6.91. The number of allylic oxidation sites excluding steroid dienone is 1. The maximum absolute atomic E-state index is 11.1. The van der Waals surface area contributed by atoms with Crippen LogP contribution in [0, 0.1) is 19.3 Å². The van der Waals surface area contributed by atoms with E-state index in [2.05, 4.69) is 37.6 Å². The van der Waals surface area contributed by atoms with Crippen LogP contribution >= 0.6 is 0 Å². The number of Topliss-reactive ketones (excluding diaryl/α,β-unsaturated/α-hetero) is 1. The Morgan fingerprint density at radius 2 is 1.82 bits per heavy atom. The minimum Gasteiger partial charge on any atom is -0.300 e. The second-order valence-corrected chi connectivity index (χ2v) is 5.56. The normalized spacial score (nSPS) is 10.0. The summed E-state index contributed by atoms with van der Waals surface area (Å²) < 4.78 is 0. The number of benzene rings is 2. The van der Waals surface area contributed by atoms with Crippen LogP contribution in [0.25, 0.3) is 16.7 Å². The van der Waals surface area contributed by atoms with E-state index in [9.17, 15) is 4.79 Å². The molecule has 1 nitrogen and oxygen atoms in total. The summed E-state index contributed by atoms with van der Waals surface area (Å²) in [4.78, 5) is 11.1. The molecule has 0 amide bonds. The number of carbonyl (C=O) groups is 1. The first-order valence-corrected chi connectivity index (χ1v) is 7.36. The van der Waals surface area contributed by atoms with Gasteiger partial charge in [0.2, 0.25) is 0 Å². The van der Waals surface area contributed by atoms with Gasteiger partial charge in [-0.15, -0.1) is 6.42 Å². The fraction of sp³-hybridized carbons (Fsp3) is 0.190. The lowest BCUT2D eigenvalue weighted by atomic mass is 9.94. The van der Waals surface area contributed by atoms with Crippen molar-refractivity contribution in [1.29, 1.82) is 0 Å². The highest BCUT2D eigenvalue weighted by Crippen LogP contribution is 2.27. The molecule has 0 spiro atoms. The number of terminal acetylenes is 1. The molecular formula is C21H20O. The van der Waals surface area contributed by atoms with Crippen LogP contribution in [0.1, 0.15) is 36.5 Å². The van der Waals surface area contributed by atoms with Crippen molar-refractivity contribution >= 4 is 11.4 Å². The number of hydrogen-bond acceptors (Lipinski definition) is 1. The van der Waals surface area contributed by atoms with E-state index >= 15 is 0 Å². The fourth-order valence-corrected chi connectivity index (χ4v) is 2.42. The lowest BCUT2D eigenvalue weighted by molar-refractivity contribution is -0.116. The smallest absolute Gasteiger partial charge is 0.130 e. The molecule has 0 aromatic heterocycles. The quantitative estimate of drug-likeness (QED) is 0.706. The Balaban J connectivity index is 2.24. The minimum absolute atomic E-state index is 0.197. The van der Waals surface area contributed by atoms with Crippen LogP contribution in [0.15, 0.2) is 49.0 Å². The molecule has 0 saturated carbocycles. The summed E-state index contributed by atoms with van der Waals surface area (Å²) in [6.07, 6.45) is 6.65. The number of hydrogen-bond donors (Lipinski definition) is 0. The van der Waals surface area contributed by atoms with Crippen molar-refractivity contribution < 1.29 is 4.79 Å². The lowest BCUT2D eigenvalue weighted by Crippen LogP contribution is -1.93. The molecule has 22 heavy (non-hydrogen) atoms. The van der Waals surface area contributed by atoms with Crippen LogP contribution in [-0.2, 0) is 4.79 Å². The van der Waals surface area contributed by atoms with Crippen molar-refractivity contribution in [3.05, 3.63) is 65.7 Å². The van der Waals surface area contributed by atoms with Crippen molar-refractivity contribution in [2.75, 3.05) is 0 Å². The number of aryl methyl sites for hydroxylation is 1. The average Bonchev–Trinajstić information content (AvgIpc) is 2.52. The second-order valence-electron chi connectivity index (χ2n) is 5.56. The van der Waals surface area contributed by atoms with Gasteiger partial charge in [0.1, 0.15) is 5.78 Å². The zero-order valence-electron chi connectivity index (χ0n) is 13.1. The first-order chi connectivity index (χ1) is 10.5. The zero-order valence-corrected chi connectivity index (χ0v) is 13.1. The van der Waals surface area contributed by atoms with Gasteiger partial charge in [-0.1, -0.05) is 42.8 Å². The monoisotopic (exact) mass is 288 g/mol. The molecule has 1 heteroatoms. The van der Waals surface area contributed by atoms with E-state index in [1.54, 1.807) is 6.92 Å². The highest BCUT2D eigenvalue weighted by molar-refractivity contribution is 5.79. The third kappa shape index (κ3) is 3.74. The van der Waals surface area contributed by atoms with Gasteiger partial charge in [-0.25, -0.2) is 0 Å². The van der Waals surface area contributed by atoms with Gasteiger partial charge in [-0.05, 0) is 60.2 Å². The summed E-state index contributed by atoms with van der Waals surface area (Å²) in [7, 11) is 0. The van der Waals surface area contributed by atoms with E-state index in [0.29, 0.717) is 12.8 Å². The Labute approximate surface area is 132 Å². The van der Waals surface area contributed by atoms with Crippen molar-refractivity contribution in [1.82, 2.24) is 0 Å². The molecule has 0 heterocycles. The molecule has 0 aliphatic rings. The van der Waals surface area contributed by atoms with Gasteiger partial charge >= 0.3 is 0 Å². The van der Waals surface area contributed by atoms with Gasteiger partial charge in [0.25, 0.3) is 0 Å². The van der Waals surface area contributed by atoms with Crippen LogP contribution in [-0.4, -0.2) is 5.78 Å². The first kappa shape index (κ1) is 15.8. The third-order valence-electron chi connectivity index (χ3n) is 3.78. The van der Waals surface area contributed by atoms with E-state index in [-0.39, 0.29) is 5.78 Å². The third-order valence-corrected chi connectivity index (χ3v) is 3.78. The van der Waals surface area contributed by atoms with Gasteiger partial charge in [-0.2, -0.15) is 0 Å². The molecule has 2 aromatic carbocycles. The van der Waals surface area contributed by atoms with Gasteiger partial charge in [0, 0.05) is 12.0 Å². The first-order valence-electron chi connectivity index (χ1n) is 7.36. The van der Waals surface area contributed by atoms with Crippen LogP contribution < -0.4 is 0 Å². The Bertz CT molecular complexity index is 742. The molecule has 0 saturated heterocycles. The van der Waals surface area contributed by atoms with Crippen LogP contribution in [0.3, 0.4) is 0 Å². The maximum Gasteiger partial charge on any atom is 0.130 e. The molecule has 0 aliphatic heterocycles. The van der Waals surface area contributed by atoms with Crippen LogP contribution in [0.2, 0.25) is 0 Å². The standard InChI is InChI=1S/C21H20O/c1-5-18-8-10-19(11-9-18)21-13-12-20(14-16(21)3)15(2)6-7-17(4)22/h1,8-14H,2,6-7H2,3-4H3. The predicted octanol–water partition coefficient (Wildman–Crippen LogP) is 5.03. The Kier molecular flexibility index (Phi) is 4.96. The van der Waals surface area contributed by atoms with Gasteiger partial charge in [-0.3, -0.25) is 0 Å². The number of rotatable bonds is 5. The molecule has 0 fully saturated rings. The molecule has 110 valence electrons. The molecule has 0 bridgehead atoms. The highest BCUT2D eigenvalue weighted by Gasteiger charge is 2.06. The molecule has 0 radical (unpaired) electrons. The van der Waals surface area contributed by atoms with E-state index in [0.717, 1.165) is 22.3 Å². The average molecular weight is 288 g/mol. The Morgan fingerprint density at radius 3 is 2.36 bits per heavy atom. The van der Waals surface area contributed by atoms with E-state index in [1.165, 1.54) is 11.1 Å². The van der Waals surface area contributed by atoms with Crippen LogP contribution in [0.4, 0.5) is 0 Å². The Hall–Kier alpha value is -2.59. The van der Waals surface area contributed by atoms with Crippen molar-refractivity contribution in [2.45, 2.75) is 26.7 Å². The summed E-state index contributed by atoms with van der Waals surface area (Å²) in [6.45, 7) is 7.79. The highest BCUT2D eigenvalue weighted by atomic mass is 16.1. The molecular weight excluding hydrogens is 268 g/mol. The maximum atomic E-state index is 11.1. The van der Waals surface area contributed by atoms with Crippen molar-refractivity contribution in [3.63, 3.8) is 0 Å². The predicted molar refractivity (Wildman–Crippen MR) is 93.5 cm³/mol. The summed E-state index contributed by atoms with van der Waals surface area (Å²) in [5, 5.41) is 0. The summed E-state index contributed by atoms with van der Waals surface area (Å²) in [5.74, 6) is 2.83. The SMILES string of the molecule is C#Cc1ccc(-c2ccc(C(=C)CCC(C)=O)cc2C)cc1. The van der Waals surface area contributed by atoms with Crippen molar-refractivity contribution in [2.24, 2.45) is 0 Å². The molecule has 0 atom stereocenters. The number of carbonyl (C=O) groups excluding carboxylic acids is 1. The fourth-order valence-electron chi connectivity index (χ4n) is 2.42. The number of ketones is 1. The summed E-state index contributed by atoms with van der Waals surface area (Å²) in [5.41, 5.74) is 6.52. The molecule has 0 N–H and O–H groups in total. The zero-order chi connectivity index (χ0) is 16.1. The van der Waals surface area contributed by atoms with E-state index in [1.807, 2.05) is 24.3 Å². The topological polar surface area (TPSA) is 17.1 Å². The molecule has 0 aliphatic carbocycles. The largest absolute Gasteiger partial charge is 0.300 e. The molecule has 2 rings (SSSR count). The van der Waals surface area contributed by atoms with Crippen LogP contribution in [0.5, 0.6) is 0 Å². The molecule has 2 aromatic rings. The summed E-state index contributed by atoms with van der Waals surface area (Å²) >= 11 is 0.